The topological polar surface area (TPSA) is 36.9 Å². The molecule has 0 spiro atoms. The zero-order valence-corrected chi connectivity index (χ0v) is 20.1. The van der Waals surface area contributed by atoms with Crippen molar-refractivity contribution in [3.05, 3.63) is 24.3 Å². The lowest BCUT2D eigenvalue weighted by Crippen LogP contribution is -2.46. The monoisotopic (exact) mass is 468 g/mol. The lowest BCUT2D eigenvalue weighted by molar-refractivity contribution is -0.289. The van der Waals surface area contributed by atoms with Gasteiger partial charge in [0.1, 0.15) is 0 Å². The number of ether oxygens (including phenoxy) is 4. The molecule has 2 saturated carbocycles. The predicted octanol–water partition coefficient (Wildman–Crippen LogP) is 6.71. The molecule has 4 fully saturated rings. The summed E-state index contributed by atoms with van der Waals surface area (Å²) in [5, 5.41) is 0. The van der Waals surface area contributed by atoms with Crippen molar-refractivity contribution in [2.45, 2.75) is 83.7 Å². The number of halogens is 2. The summed E-state index contributed by atoms with van der Waals surface area (Å²) in [5.41, 5.74) is 0. The highest BCUT2D eigenvalue weighted by Gasteiger charge is 2.38. The molecule has 2 heterocycles. The molecule has 6 heteroatoms. The standard InChI is InChI=1S/C27H42F2O4/c1-2-3-4-5-20-15-30-27(31-16-20)24-17-32-26(33-18-24)23-12-10-22(11-13-23)21-8-6-19(7-9-21)14-25(28)29/h4-5,14,19-24,26-27H,2-3,6-13,15-18H2,1H3/b5-4+. The van der Waals surface area contributed by atoms with Gasteiger partial charge in [0.25, 0.3) is 6.08 Å². The third kappa shape index (κ3) is 7.33. The van der Waals surface area contributed by atoms with E-state index < -0.39 is 6.08 Å². The largest absolute Gasteiger partial charge is 0.352 e. The van der Waals surface area contributed by atoms with Gasteiger partial charge in [-0.3, -0.25) is 0 Å². The van der Waals surface area contributed by atoms with Crippen molar-refractivity contribution in [1.82, 2.24) is 0 Å². The minimum absolute atomic E-state index is 0.0834. The molecule has 4 aliphatic rings. The average molecular weight is 469 g/mol. The third-order valence-electron chi connectivity index (χ3n) is 8.19. The molecule has 0 aromatic carbocycles. The molecule has 0 N–H and O–H groups in total. The van der Waals surface area contributed by atoms with Crippen LogP contribution in [0.4, 0.5) is 8.78 Å². The maximum Gasteiger partial charge on any atom is 0.266 e. The quantitative estimate of drug-likeness (QED) is 0.389. The van der Waals surface area contributed by atoms with Gasteiger partial charge in [0, 0.05) is 11.8 Å². The van der Waals surface area contributed by atoms with Crippen LogP contribution in [-0.2, 0) is 18.9 Å². The maximum atomic E-state index is 12.5. The molecule has 33 heavy (non-hydrogen) atoms. The van der Waals surface area contributed by atoms with Crippen molar-refractivity contribution < 1.29 is 27.7 Å². The van der Waals surface area contributed by atoms with Gasteiger partial charge in [-0.15, -0.1) is 0 Å². The van der Waals surface area contributed by atoms with Gasteiger partial charge in [-0.2, -0.15) is 8.78 Å². The Labute approximate surface area is 198 Å². The van der Waals surface area contributed by atoms with Gasteiger partial charge >= 0.3 is 0 Å². The lowest BCUT2D eigenvalue weighted by atomic mass is 9.69. The van der Waals surface area contributed by atoms with E-state index in [9.17, 15) is 8.78 Å². The SMILES string of the molecule is CCC/C=C/C1COC(C2COC(C3CCC(C4CCC(C=C(F)F)CC4)CC3)OC2)OC1. The average Bonchev–Trinajstić information content (AvgIpc) is 2.85. The number of allylic oxidation sites excluding steroid dienone is 2. The van der Waals surface area contributed by atoms with Crippen LogP contribution in [0.5, 0.6) is 0 Å². The first kappa shape index (κ1) is 25.3. The number of hydrogen-bond donors (Lipinski definition) is 0. The van der Waals surface area contributed by atoms with Crippen LogP contribution >= 0.6 is 0 Å². The van der Waals surface area contributed by atoms with E-state index in [4.69, 9.17) is 18.9 Å². The molecule has 2 aliphatic carbocycles. The van der Waals surface area contributed by atoms with Gasteiger partial charge in [-0.05, 0) is 81.6 Å². The Morgan fingerprint density at radius 1 is 0.667 bits per heavy atom. The van der Waals surface area contributed by atoms with Gasteiger partial charge in [0.2, 0.25) is 0 Å². The van der Waals surface area contributed by atoms with Gasteiger partial charge < -0.3 is 18.9 Å². The van der Waals surface area contributed by atoms with Crippen molar-refractivity contribution in [3.63, 3.8) is 0 Å². The van der Waals surface area contributed by atoms with Crippen LogP contribution in [0.2, 0.25) is 0 Å². The normalized spacial score (nSPS) is 40.6. The number of rotatable bonds is 7. The summed E-state index contributed by atoms with van der Waals surface area (Å²) in [6.45, 7) is 4.86. The van der Waals surface area contributed by atoms with Crippen LogP contribution in [0, 0.1) is 35.5 Å². The summed E-state index contributed by atoms with van der Waals surface area (Å²) < 4.78 is 49.3. The van der Waals surface area contributed by atoms with Crippen LogP contribution in [0.3, 0.4) is 0 Å². The van der Waals surface area contributed by atoms with Gasteiger partial charge in [-0.1, -0.05) is 25.5 Å². The zero-order valence-electron chi connectivity index (χ0n) is 20.1. The first-order valence-electron chi connectivity index (χ1n) is 13.3. The minimum Gasteiger partial charge on any atom is -0.352 e. The minimum atomic E-state index is -1.51. The Morgan fingerprint density at radius 2 is 1.18 bits per heavy atom. The van der Waals surface area contributed by atoms with E-state index >= 15 is 0 Å². The van der Waals surface area contributed by atoms with Crippen LogP contribution in [0.15, 0.2) is 24.3 Å². The number of hydrogen-bond acceptors (Lipinski definition) is 4. The fourth-order valence-corrected chi connectivity index (χ4v) is 6.18. The van der Waals surface area contributed by atoms with Crippen LogP contribution in [0.25, 0.3) is 0 Å². The summed E-state index contributed by atoms with van der Waals surface area (Å²) in [6.07, 6.45) is 14.7. The second-order valence-electron chi connectivity index (χ2n) is 10.6. The predicted molar refractivity (Wildman–Crippen MR) is 124 cm³/mol. The molecule has 188 valence electrons. The fraction of sp³-hybridized carbons (Fsp3) is 0.852. The van der Waals surface area contributed by atoms with Crippen LogP contribution < -0.4 is 0 Å². The second-order valence-corrected chi connectivity index (χ2v) is 10.6. The van der Waals surface area contributed by atoms with E-state index in [2.05, 4.69) is 19.1 Å². The van der Waals surface area contributed by atoms with E-state index in [-0.39, 0.29) is 24.4 Å². The molecule has 0 aromatic rings. The molecule has 4 rings (SSSR count). The van der Waals surface area contributed by atoms with Crippen molar-refractivity contribution in [2.24, 2.45) is 35.5 Å². The Balaban J connectivity index is 1.12. The maximum absolute atomic E-state index is 12.5. The fourth-order valence-electron chi connectivity index (χ4n) is 6.18. The van der Waals surface area contributed by atoms with Gasteiger partial charge in [-0.25, -0.2) is 0 Å². The molecule has 0 aromatic heterocycles. The lowest BCUT2D eigenvalue weighted by Gasteiger charge is -2.42. The molecule has 0 atom stereocenters. The molecular formula is C27H42F2O4. The second kappa shape index (κ2) is 12.8. The van der Waals surface area contributed by atoms with E-state index in [1.807, 2.05) is 0 Å². The summed E-state index contributed by atoms with van der Waals surface area (Å²) in [6, 6.07) is 0. The zero-order chi connectivity index (χ0) is 23.0. The summed E-state index contributed by atoms with van der Waals surface area (Å²) in [4.78, 5) is 0. The first-order chi connectivity index (χ1) is 16.1. The Morgan fingerprint density at radius 3 is 1.76 bits per heavy atom. The molecule has 0 unspecified atom stereocenters. The highest BCUT2D eigenvalue weighted by Crippen LogP contribution is 2.43. The smallest absolute Gasteiger partial charge is 0.266 e. The summed E-state index contributed by atoms with van der Waals surface area (Å²) >= 11 is 0. The van der Waals surface area contributed by atoms with E-state index in [0.29, 0.717) is 44.2 Å². The van der Waals surface area contributed by atoms with Gasteiger partial charge in [0.15, 0.2) is 12.6 Å². The Kier molecular flexibility index (Phi) is 9.77. The molecule has 2 saturated heterocycles. The van der Waals surface area contributed by atoms with Crippen molar-refractivity contribution in [2.75, 3.05) is 26.4 Å². The third-order valence-corrected chi connectivity index (χ3v) is 8.19. The van der Waals surface area contributed by atoms with Crippen molar-refractivity contribution in [1.29, 1.82) is 0 Å². The van der Waals surface area contributed by atoms with Gasteiger partial charge in [0.05, 0.1) is 32.3 Å². The number of unbranched alkanes of at least 4 members (excludes halogenated alkanes) is 1. The molecule has 2 aliphatic heterocycles. The Bertz CT molecular complexity index is 618. The summed E-state index contributed by atoms with van der Waals surface area (Å²) in [7, 11) is 0. The molecule has 0 bridgehead atoms. The van der Waals surface area contributed by atoms with E-state index in [1.54, 1.807) is 0 Å². The highest BCUT2D eigenvalue weighted by molar-refractivity contribution is 4.93. The van der Waals surface area contributed by atoms with Crippen molar-refractivity contribution >= 4 is 0 Å². The summed E-state index contributed by atoms with van der Waals surface area (Å²) in [5.74, 6) is 2.47. The Hall–Kier alpha value is -0.820. The van der Waals surface area contributed by atoms with E-state index in [0.717, 1.165) is 57.3 Å². The molecule has 0 radical (unpaired) electrons. The molecular weight excluding hydrogens is 426 g/mol. The first-order valence-corrected chi connectivity index (χ1v) is 13.3. The molecule has 0 amide bonds. The van der Waals surface area contributed by atoms with Crippen molar-refractivity contribution in [3.8, 4) is 0 Å². The van der Waals surface area contributed by atoms with E-state index in [1.165, 1.54) is 18.9 Å². The molecule has 4 nitrogen and oxygen atoms in total. The highest BCUT2D eigenvalue weighted by atomic mass is 19.3. The van der Waals surface area contributed by atoms with Crippen LogP contribution in [0.1, 0.15) is 71.1 Å². The van der Waals surface area contributed by atoms with Crippen LogP contribution in [-0.4, -0.2) is 39.0 Å².